The predicted molar refractivity (Wildman–Crippen MR) is 59.8 cm³/mol. The third kappa shape index (κ3) is 3.97. The minimum atomic E-state index is 0.163. The molecule has 0 aliphatic heterocycles. The first-order valence-corrected chi connectivity index (χ1v) is 10.3. The Kier molecular flexibility index (Phi) is 6.29. The number of hydrogen-bond donors (Lipinski definition) is 0. The molecule has 1 aliphatic rings. The first-order chi connectivity index (χ1) is 5.86. The third-order valence-corrected chi connectivity index (χ3v) is 5.65. The molecular weight excluding hydrogens is 224 g/mol. The lowest BCUT2D eigenvalue weighted by atomic mass is 9.80. The lowest BCUT2D eigenvalue weighted by Crippen LogP contribution is -2.13. The van der Waals surface area contributed by atoms with Gasteiger partial charge in [-0.3, -0.25) is 0 Å². The molecule has 0 bridgehead atoms. The van der Waals surface area contributed by atoms with Gasteiger partial charge in [0.1, 0.15) is 0 Å². The Labute approximate surface area is 92.5 Å². The van der Waals surface area contributed by atoms with Crippen molar-refractivity contribution in [2.75, 3.05) is 0 Å². The van der Waals surface area contributed by atoms with E-state index in [0.717, 1.165) is 11.8 Å². The molecule has 1 aliphatic carbocycles. The van der Waals surface area contributed by atoms with E-state index in [2.05, 4.69) is 19.8 Å². The van der Waals surface area contributed by atoms with Crippen LogP contribution in [0.2, 0.25) is 4.55 Å². The molecule has 0 aromatic rings. The first-order valence-electron chi connectivity index (χ1n) is 5.42. The maximum absolute atomic E-state index is 3.64. The van der Waals surface area contributed by atoms with E-state index >= 15 is 0 Å². The average molecular weight is 243 g/mol. The van der Waals surface area contributed by atoms with E-state index in [1.165, 1.54) is 43.1 Å². The first kappa shape index (κ1) is 11.3. The SMILES string of the molecule is CC[C@H]1CC[C@H](C[CH2][Mg][Br])CC1. The Morgan fingerprint density at radius 3 is 2.25 bits per heavy atom. The second-order valence-corrected chi connectivity index (χ2v) is 7.59. The molecule has 68 valence electrons. The Morgan fingerprint density at radius 2 is 1.75 bits per heavy atom. The van der Waals surface area contributed by atoms with Gasteiger partial charge in [0, 0.05) is 0 Å². The Bertz CT molecular complexity index is 108. The summed E-state index contributed by atoms with van der Waals surface area (Å²) < 4.78 is 1.52. The summed E-state index contributed by atoms with van der Waals surface area (Å²) in [5, 5.41) is 0. The minimum Gasteiger partial charge on any atom is -0.307 e. The number of rotatable bonds is 4. The topological polar surface area (TPSA) is 0 Å². The van der Waals surface area contributed by atoms with Crippen LogP contribution in [0.15, 0.2) is 0 Å². The van der Waals surface area contributed by atoms with Crippen molar-refractivity contribution in [2.45, 2.75) is 50.0 Å². The molecule has 0 amide bonds. The molecule has 0 N–H and O–H groups in total. The van der Waals surface area contributed by atoms with Gasteiger partial charge in [0.15, 0.2) is 0 Å². The van der Waals surface area contributed by atoms with E-state index in [9.17, 15) is 0 Å². The molecular formula is C10H19BrMg. The van der Waals surface area contributed by atoms with Gasteiger partial charge in [0.05, 0.1) is 0 Å². The van der Waals surface area contributed by atoms with Crippen LogP contribution in [-0.4, -0.2) is 18.2 Å². The molecule has 0 nitrogen and oxygen atoms in total. The molecule has 0 saturated heterocycles. The summed E-state index contributed by atoms with van der Waals surface area (Å²) in [6.45, 7) is 2.34. The van der Waals surface area contributed by atoms with Gasteiger partial charge in [-0.1, -0.05) is 45.4 Å². The molecule has 0 aromatic heterocycles. The van der Waals surface area contributed by atoms with E-state index in [4.69, 9.17) is 0 Å². The van der Waals surface area contributed by atoms with Crippen LogP contribution in [0.25, 0.3) is 0 Å². The Hall–Kier alpha value is 1.25. The largest absolute Gasteiger partial charge is 0.468 e. The standard InChI is InChI=1S/C10H19.BrH.Mg/c1-3-9-5-7-10(4-2)8-6-9;;/h9-10H,1,3-8H2,2H3;1H;/q;;+1/p-1/t9-,10-;;. The molecule has 1 rings (SSSR count). The van der Waals surface area contributed by atoms with Gasteiger partial charge >= 0.3 is 18.2 Å². The zero-order valence-electron chi connectivity index (χ0n) is 8.19. The number of halogens is 1. The molecule has 2 heteroatoms. The summed E-state index contributed by atoms with van der Waals surface area (Å²) in [6.07, 6.45) is 9.03. The van der Waals surface area contributed by atoms with Crippen LogP contribution in [0.3, 0.4) is 0 Å². The van der Waals surface area contributed by atoms with Crippen LogP contribution in [0.4, 0.5) is 0 Å². The minimum absolute atomic E-state index is 0.163. The van der Waals surface area contributed by atoms with Crippen molar-refractivity contribution < 1.29 is 0 Å². The highest BCUT2D eigenvalue weighted by Gasteiger charge is 2.19. The van der Waals surface area contributed by atoms with Crippen LogP contribution in [0, 0.1) is 11.8 Å². The Balaban J connectivity index is 2.09. The monoisotopic (exact) mass is 242 g/mol. The van der Waals surface area contributed by atoms with E-state index in [0.29, 0.717) is 0 Å². The fourth-order valence-electron chi connectivity index (χ4n) is 2.29. The van der Waals surface area contributed by atoms with Gasteiger partial charge in [0.2, 0.25) is 0 Å². The van der Waals surface area contributed by atoms with Crippen LogP contribution >= 0.6 is 12.9 Å². The van der Waals surface area contributed by atoms with Crippen molar-refractivity contribution in [1.29, 1.82) is 0 Å². The van der Waals surface area contributed by atoms with Crippen molar-refractivity contribution in [3.8, 4) is 0 Å². The molecule has 0 spiro atoms. The van der Waals surface area contributed by atoms with Gasteiger partial charge in [-0.05, 0) is 11.8 Å². The summed E-state index contributed by atoms with van der Waals surface area (Å²) in [5.41, 5.74) is 0. The molecule has 0 heterocycles. The predicted octanol–water partition coefficient (Wildman–Crippen LogP) is 4.03. The molecule has 1 saturated carbocycles. The highest BCUT2D eigenvalue weighted by Crippen LogP contribution is 2.32. The summed E-state index contributed by atoms with van der Waals surface area (Å²) in [6, 6.07) is 0. The fraction of sp³-hybridized carbons (Fsp3) is 1.00. The Morgan fingerprint density at radius 1 is 1.17 bits per heavy atom. The van der Waals surface area contributed by atoms with Gasteiger partial charge in [-0.2, -0.15) is 0 Å². The van der Waals surface area contributed by atoms with Crippen molar-refractivity contribution in [1.82, 2.24) is 0 Å². The fourth-order valence-corrected chi connectivity index (χ4v) is 4.00. The van der Waals surface area contributed by atoms with Crippen LogP contribution < -0.4 is 0 Å². The highest BCUT2D eigenvalue weighted by atomic mass is 79.9. The van der Waals surface area contributed by atoms with E-state index < -0.39 is 0 Å². The van der Waals surface area contributed by atoms with Gasteiger partial charge in [0.25, 0.3) is 0 Å². The normalized spacial score (nSPS) is 29.8. The molecule has 0 aromatic carbocycles. The highest BCUT2D eigenvalue weighted by molar-refractivity contribution is 9.23. The van der Waals surface area contributed by atoms with Crippen molar-refractivity contribution in [3.63, 3.8) is 0 Å². The summed E-state index contributed by atoms with van der Waals surface area (Å²) in [5.74, 6) is 2.17. The summed E-state index contributed by atoms with van der Waals surface area (Å²) >= 11 is 3.80. The van der Waals surface area contributed by atoms with Gasteiger partial charge in [-0.15, -0.1) is 4.55 Å². The van der Waals surface area contributed by atoms with E-state index in [1.807, 2.05) is 0 Å². The second-order valence-electron chi connectivity index (χ2n) is 4.13. The molecule has 1 fully saturated rings. The smallest absolute Gasteiger partial charge is 0.307 e. The molecule has 12 heavy (non-hydrogen) atoms. The maximum atomic E-state index is 3.64. The molecule has 0 atom stereocenters. The number of hydrogen-bond acceptors (Lipinski definition) is 0. The van der Waals surface area contributed by atoms with Gasteiger partial charge in [-0.25, -0.2) is 0 Å². The van der Waals surface area contributed by atoms with E-state index in [-0.39, 0.29) is 18.2 Å². The summed E-state index contributed by atoms with van der Waals surface area (Å²) in [7, 11) is 0. The zero-order valence-corrected chi connectivity index (χ0v) is 11.2. The zero-order chi connectivity index (χ0) is 8.81. The van der Waals surface area contributed by atoms with Crippen molar-refractivity contribution in [3.05, 3.63) is 0 Å². The maximum Gasteiger partial charge on any atom is 0.468 e. The van der Waals surface area contributed by atoms with Crippen molar-refractivity contribution in [2.24, 2.45) is 11.8 Å². The molecule has 0 radical (unpaired) electrons. The van der Waals surface area contributed by atoms with Gasteiger partial charge < -0.3 is 12.9 Å². The summed E-state index contributed by atoms with van der Waals surface area (Å²) in [4.78, 5) is 0. The van der Waals surface area contributed by atoms with Crippen LogP contribution in [-0.2, 0) is 0 Å². The second kappa shape index (κ2) is 6.66. The lowest BCUT2D eigenvalue weighted by molar-refractivity contribution is 0.264. The quantitative estimate of drug-likeness (QED) is 0.654. The van der Waals surface area contributed by atoms with E-state index in [1.54, 1.807) is 0 Å². The lowest BCUT2D eigenvalue weighted by Gasteiger charge is -2.27. The molecule has 0 unspecified atom stereocenters. The van der Waals surface area contributed by atoms with Crippen molar-refractivity contribution >= 4 is 31.1 Å². The average Bonchev–Trinajstić information content (AvgIpc) is 2.15. The van der Waals surface area contributed by atoms with Crippen LogP contribution in [0.1, 0.15) is 45.4 Å². The van der Waals surface area contributed by atoms with Crippen LogP contribution in [0.5, 0.6) is 0 Å². The third-order valence-electron chi connectivity index (χ3n) is 3.29.